The lowest BCUT2D eigenvalue weighted by Crippen LogP contribution is -2.51. The minimum absolute atomic E-state index is 0.185. The fourth-order valence-electron chi connectivity index (χ4n) is 5.68. The molecule has 7 nitrogen and oxygen atoms in total. The summed E-state index contributed by atoms with van der Waals surface area (Å²) >= 11 is 0. The smallest absolute Gasteiger partial charge is 0.290 e. The molecule has 1 amide bonds. The predicted octanol–water partition coefficient (Wildman–Crippen LogP) is 3.33. The van der Waals surface area contributed by atoms with E-state index in [4.69, 9.17) is 9.90 Å². The van der Waals surface area contributed by atoms with Crippen LogP contribution in [0.2, 0.25) is 0 Å². The Morgan fingerprint density at radius 2 is 2.10 bits per heavy atom. The molecule has 1 aromatic rings. The van der Waals surface area contributed by atoms with Crippen molar-refractivity contribution in [1.29, 1.82) is 0 Å². The fourth-order valence-corrected chi connectivity index (χ4v) is 5.68. The zero-order valence-electron chi connectivity index (χ0n) is 17.8. The summed E-state index contributed by atoms with van der Waals surface area (Å²) in [5.74, 6) is 0.998. The maximum absolute atomic E-state index is 13.5. The van der Waals surface area contributed by atoms with E-state index in [0.717, 1.165) is 50.8 Å². The Hall–Kier alpha value is -1.89. The van der Waals surface area contributed by atoms with E-state index in [9.17, 15) is 4.79 Å². The maximum Gasteiger partial charge on any atom is 0.290 e. The van der Waals surface area contributed by atoms with Crippen molar-refractivity contribution in [2.24, 2.45) is 11.3 Å². The zero-order valence-corrected chi connectivity index (χ0v) is 17.8. The van der Waals surface area contributed by atoms with Crippen LogP contribution >= 0.6 is 0 Å². The number of aromatic nitrogens is 2. The normalized spacial score (nSPS) is 29.1. The molecule has 1 aliphatic carbocycles. The molecule has 2 bridgehead atoms. The molecule has 0 radical (unpaired) electrons. The lowest BCUT2D eigenvalue weighted by Gasteiger charge is -2.38. The number of imidazole rings is 1. The Balaban J connectivity index is 0.000000755. The molecule has 0 aromatic carbocycles. The second kappa shape index (κ2) is 9.74. The van der Waals surface area contributed by atoms with E-state index >= 15 is 0 Å². The standard InChI is InChI=1S/C21H34N4O.CH2O2/c1-15(2)9-10-21(20(26)24-16-5-3-4-6-16)11-18-7-8-19(21)25(18)13-17-12-22-14-23-17;2-1-3/h12,14-16,18-19H,3-11,13H2,1-2H3,(H,22,23)(H,24,26);1H,(H,2,3)/t18-,19+,21+;/m1./s1. The first kappa shape index (κ1) is 21.8. The number of carboxylic acid groups (broad SMARTS) is 1. The van der Waals surface area contributed by atoms with Gasteiger partial charge in [-0.2, -0.15) is 0 Å². The van der Waals surface area contributed by atoms with Crippen LogP contribution in [-0.2, 0) is 16.1 Å². The molecule has 1 aromatic heterocycles. The predicted molar refractivity (Wildman–Crippen MR) is 111 cm³/mol. The summed E-state index contributed by atoms with van der Waals surface area (Å²) in [7, 11) is 0. The van der Waals surface area contributed by atoms with Crippen LogP contribution in [0.15, 0.2) is 12.5 Å². The van der Waals surface area contributed by atoms with Gasteiger partial charge in [0, 0.05) is 36.6 Å². The van der Waals surface area contributed by atoms with Crippen molar-refractivity contribution in [3.8, 4) is 0 Å². The third-order valence-corrected chi connectivity index (χ3v) is 7.10. The van der Waals surface area contributed by atoms with E-state index in [-0.39, 0.29) is 11.9 Å². The number of nitrogens with zero attached hydrogens (tertiary/aromatic N) is 2. The highest BCUT2D eigenvalue weighted by molar-refractivity contribution is 5.84. The molecule has 0 spiro atoms. The highest BCUT2D eigenvalue weighted by Crippen LogP contribution is 2.53. The molecular formula is C22H36N4O3. The van der Waals surface area contributed by atoms with Crippen molar-refractivity contribution in [3.63, 3.8) is 0 Å². The molecule has 3 aliphatic rings. The van der Waals surface area contributed by atoms with Gasteiger partial charge < -0.3 is 15.4 Å². The Morgan fingerprint density at radius 3 is 2.72 bits per heavy atom. The van der Waals surface area contributed by atoms with E-state index in [1.807, 2.05) is 6.20 Å². The molecule has 162 valence electrons. The number of carbonyl (C=O) groups excluding carboxylic acids is 1. The topological polar surface area (TPSA) is 98.3 Å². The lowest BCUT2D eigenvalue weighted by atomic mass is 9.69. The molecule has 2 aliphatic heterocycles. The van der Waals surface area contributed by atoms with Gasteiger partial charge >= 0.3 is 0 Å². The van der Waals surface area contributed by atoms with Gasteiger partial charge in [0.2, 0.25) is 5.91 Å². The van der Waals surface area contributed by atoms with Crippen LogP contribution in [0.3, 0.4) is 0 Å². The largest absolute Gasteiger partial charge is 0.483 e. The average Bonchev–Trinajstić information content (AvgIpc) is 3.47. The summed E-state index contributed by atoms with van der Waals surface area (Å²) in [4.78, 5) is 31.9. The van der Waals surface area contributed by atoms with E-state index in [1.165, 1.54) is 19.3 Å². The molecule has 3 N–H and O–H groups in total. The summed E-state index contributed by atoms with van der Waals surface area (Å²) in [6.45, 7) is 5.20. The van der Waals surface area contributed by atoms with Crippen LogP contribution in [0, 0.1) is 11.3 Å². The monoisotopic (exact) mass is 404 g/mol. The number of carbonyl (C=O) groups is 2. The Bertz CT molecular complexity index is 657. The summed E-state index contributed by atoms with van der Waals surface area (Å²) in [5, 5.41) is 10.4. The van der Waals surface area contributed by atoms with Gasteiger partial charge in [0.1, 0.15) is 0 Å². The van der Waals surface area contributed by atoms with Crippen molar-refractivity contribution >= 4 is 12.4 Å². The number of fused-ring (bicyclic) bond motifs is 2. The van der Waals surface area contributed by atoms with Gasteiger partial charge in [-0.25, -0.2) is 4.98 Å². The molecule has 3 heterocycles. The van der Waals surface area contributed by atoms with Crippen molar-refractivity contribution in [2.75, 3.05) is 0 Å². The lowest BCUT2D eigenvalue weighted by molar-refractivity contribution is -0.134. The van der Waals surface area contributed by atoms with Crippen molar-refractivity contribution in [1.82, 2.24) is 20.2 Å². The molecule has 1 saturated carbocycles. The molecule has 29 heavy (non-hydrogen) atoms. The van der Waals surface area contributed by atoms with Crippen molar-refractivity contribution < 1.29 is 14.7 Å². The first-order valence-corrected chi connectivity index (χ1v) is 11.1. The van der Waals surface area contributed by atoms with Gasteiger partial charge in [0.05, 0.1) is 11.7 Å². The van der Waals surface area contributed by atoms with Crippen molar-refractivity contribution in [2.45, 2.75) is 96.3 Å². The van der Waals surface area contributed by atoms with Gasteiger partial charge in [-0.15, -0.1) is 0 Å². The highest BCUT2D eigenvalue weighted by Gasteiger charge is 2.59. The minimum atomic E-state index is -0.250. The first-order valence-electron chi connectivity index (χ1n) is 11.1. The van der Waals surface area contributed by atoms with Crippen LogP contribution in [-0.4, -0.2) is 50.5 Å². The fraction of sp³-hybridized carbons (Fsp3) is 0.773. The van der Waals surface area contributed by atoms with Gasteiger partial charge in [-0.1, -0.05) is 26.7 Å². The number of rotatable bonds is 7. The van der Waals surface area contributed by atoms with E-state index in [0.29, 0.717) is 30.0 Å². The van der Waals surface area contributed by atoms with Crippen molar-refractivity contribution in [3.05, 3.63) is 18.2 Å². The molecular weight excluding hydrogens is 368 g/mol. The quantitative estimate of drug-likeness (QED) is 0.606. The number of aromatic amines is 1. The number of hydrogen-bond donors (Lipinski definition) is 3. The Morgan fingerprint density at radius 1 is 1.38 bits per heavy atom. The van der Waals surface area contributed by atoms with Gasteiger partial charge in [0.25, 0.3) is 6.47 Å². The molecule has 4 rings (SSSR count). The number of nitrogens with one attached hydrogen (secondary N) is 2. The second-order valence-electron chi connectivity index (χ2n) is 9.35. The molecule has 0 unspecified atom stereocenters. The van der Waals surface area contributed by atoms with Crippen LogP contribution in [0.4, 0.5) is 0 Å². The van der Waals surface area contributed by atoms with Crippen LogP contribution in [0.1, 0.15) is 77.3 Å². The van der Waals surface area contributed by atoms with Gasteiger partial charge in [0.15, 0.2) is 0 Å². The Labute approximate surface area is 173 Å². The maximum atomic E-state index is 13.5. The third kappa shape index (κ3) is 4.82. The third-order valence-electron chi connectivity index (χ3n) is 7.10. The van der Waals surface area contributed by atoms with E-state index < -0.39 is 0 Å². The van der Waals surface area contributed by atoms with Gasteiger partial charge in [-0.05, 0) is 50.9 Å². The molecule has 7 heteroatoms. The molecule has 2 saturated heterocycles. The number of H-pyrrole nitrogens is 1. The highest BCUT2D eigenvalue weighted by atomic mass is 16.3. The number of amides is 1. The average molecular weight is 405 g/mol. The summed E-state index contributed by atoms with van der Waals surface area (Å²) in [6.07, 6.45) is 14.1. The Kier molecular flexibility index (Phi) is 7.33. The van der Waals surface area contributed by atoms with Crippen LogP contribution < -0.4 is 5.32 Å². The van der Waals surface area contributed by atoms with Crippen LogP contribution in [0.25, 0.3) is 0 Å². The first-order chi connectivity index (χ1) is 14.0. The van der Waals surface area contributed by atoms with Gasteiger partial charge in [-0.3, -0.25) is 14.5 Å². The van der Waals surface area contributed by atoms with E-state index in [1.54, 1.807) is 6.33 Å². The molecule has 3 atom stereocenters. The minimum Gasteiger partial charge on any atom is -0.483 e. The van der Waals surface area contributed by atoms with Crippen LogP contribution in [0.5, 0.6) is 0 Å². The summed E-state index contributed by atoms with van der Waals surface area (Å²) in [5.41, 5.74) is 0.980. The molecule has 3 fully saturated rings. The SMILES string of the molecule is CC(C)CC[C@]1(C(=O)NC2CCCC2)C[C@H]2CC[C@@H]1N2Cc1cnc[nH]1.O=CO. The second-order valence-corrected chi connectivity index (χ2v) is 9.35. The zero-order chi connectivity index (χ0) is 20.9. The van der Waals surface area contributed by atoms with E-state index in [2.05, 4.69) is 34.0 Å². The number of hydrogen-bond acceptors (Lipinski definition) is 4. The summed E-state index contributed by atoms with van der Waals surface area (Å²) < 4.78 is 0. The summed E-state index contributed by atoms with van der Waals surface area (Å²) in [6, 6.07) is 1.35.